The van der Waals surface area contributed by atoms with Gasteiger partial charge in [0.15, 0.2) is 0 Å². The van der Waals surface area contributed by atoms with Crippen LogP contribution in [0.4, 0.5) is 13.2 Å². The molecule has 9 heteroatoms. The Kier molecular flexibility index (Phi) is 6.59. The van der Waals surface area contributed by atoms with Crippen LogP contribution >= 0.6 is 0 Å². The van der Waals surface area contributed by atoms with Crippen LogP contribution in [0.15, 0.2) is 41.5 Å². The van der Waals surface area contributed by atoms with E-state index in [0.717, 1.165) is 23.3 Å². The van der Waals surface area contributed by atoms with Gasteiger partial charge in [-0.25, -0.2) is 5.43 Å². The molecule has 2 N–H and O–H groups in total. The molecule has 0 unspecified atom stereocenters. The summed E-state index contributed by atoms with van der Waals surface area (Å²) in [7, 11) is 1.47. The number of methoxy groups -OCH3 is 1. The number of hydrogen-bond donors (Lipinski definition) is 2. The van der Waals surface area contributed by atoms with Gasteiger partial charge in [-0.05, 0) is 56.2 Å². The second-order valence-electron chi connectivity index (χ2n) is 7.58. The van der Waals surface area contributed by atoms with Gasteiger partial charge in [-0.1, -0.05) is 12.1 Å². The number of aryl methyl sites for hydroxylation is 2. The maximum absolute atomic E-state index is 13.4. The van der Waals surface area contributed by atoms with Gasteiger partial charge in [-0.15, -0.1) is 0 Å². The highest BCUT2D eigenvalue weighted by molar-refractivity contribution is 6.13. The molecule has 6 nitrogen and oxygen atoms in total. The van der Waals surface area contributed by atoms with Gasteiger partial charge in [0.25, 0.3) is 0 Å². The molecule has 32 heavy (non-hydrogen) atoms. The Morgan fingerprint density at radius 1 is 1.16 bits per heavy atom. The van der Waals surface area contributed by atoms with E-state index in [1.165, 1.54) is 17.7 Å². The Balaban J connectivity index is 2.21. The zero-order chi connectivity index (χ0) is 23.6. The lowest BCUT2D eigenvalue weighted by atomic mass is 10.1. The van der Waals surface area contributed by atoms with Crippen LogP contribution in [0.2, 0.25) is 0 Å². The van der Waals surface area contributed by atoms with Crippen LogP contribution in [0.5, 0.6) is 5.88 Å². The third-order valence-corrected chi connectivity index (χ3v) is 4.98. The number of nitrogens with zero attached hydrogens (tertiary/aromatic N) is 2. The zero-order valence-electron chi connectivity index (χ0n) is 18.2. The molecular formula is C23H24F3N3O3. The Morgan fingerprint density at radius 2 is 1.81 bits per heavy atom. The number of benzene rings is 2. The van der Waals surface area contributed by atoms with Crippen molar-refractivity contribution in [3.63, 3.8) is 0 Å². The summed E-state index contributed by atoms with van der Waals surface area (Å²) >= 11 is 0. The number of fused-ring (bicyclic) bond motifs is 1. The largest absolute Gasteiger partial charge is 0.494 e. The maximum Gasteiger partial charge on any atom is 0.416 e. The van der Waals surface area contributed by atoms with Crippen LogP contribution in [0.25, 0.3) is 16.6 Å². The summed E-state index contributed by atoms with van der Waals surface area (Å²) in [5.41, 5.74) is 4.52. The van der Waals surface area contributed by atoms with Crippen LogP contribution in [0.1, 0.15) is 35.6 Å². The van der Waals surface area contributed by atoms with Crippen LogP contribution in [-0.2, 0) is 15.7 Å². The monoisotopic (exact) mass is 447 g/mol. The summed E-state index contributed by atoms with van der Waals surface area (Å²) in [5, 5.41) is 15.5. The molecule has 0 aliphatic heterocycles. The Morgan fingerprint density at radius 3 is 2.41 bits per heavy atom. The molecule has 0 radical (unpaired) electrons. The van der Waals surface area contributed by atoms with Crippen molar-refractivity contribution in [2.75, 3.05) is 13.7 Å². The lowest BCUT2D eigenvalue weighted by molar-refractivity contribution is -0.137. The van der Waals surface area contributed by atoms with Gasteiger partial charge in [0.1, 0.15) is 0 Å². The first-order valence-electron chi connectivity index (χ1n) is 9.88. The van der Waals surface area contributed by atoms with Crippen molar-refractivity contribution in [3.05, 3.63) is 58.7 Å². The smallest absolute Gasteiger partial charge is 0.416 e. The number of halogens is 3. The van der Waals surface area contributed by atoms with E-state index in [1.54, 1.807) is 19.1 Å². The van der Waals surface area contributed by atoms with E-state index in [2.05, 4.69) is 10.5 Å². The molecule has 1 heterocycles. The normalized spacial score (nSPS) is 12.4. The van der Waals surface area contributed by atoms with Crippen LogP contribution in [0.3, 0.4) is 0 Å². The van der Waals surface area contributed by atoms with Gasteiger partial charge in [0.05, 0.1) is 35.4 Å². The van der Waals surface area contributed by atoms with Gasteiger partial charge in [-0.3, -0.25) is 9.36 Å². The Labute approximate surface area is 183 Å². The maximum atomic E-state index is 13.4. The minimum absolute atomic E-state index is 0.0958. The van der Waals surface area contributed by atoms with E-state index < -0.39 is 11.7 Å². The molecule has 1 amide bonds. The number of carbonyl (C=O) groups is 1. The van der Waals surface area contributed by atoms with E-state index in [0.29, 0.717) is 11.1 Å². The molecule has 3 rings (SSSR count). The van der Waals surface area contributed by atoms with Crippen molar-refractivity contribution in [1.29, 1.82) is 0 Å². The average Bonchev–Trinajstić information content (AvgIpc) is 3.00. The summed E-state index contributed by atoms with van der Waals surface area (Å²) in [6, 6.07) is 8.74. The molecule has 3 aromatic rings. The van der Waals surface area contributed by atoms with Gasteiger partial charge in [0.2, 0.25) is 11.8 Å². The number of hydrazone groups is 1. The third-order valence-electron chi connectivity index (χ3n) is 4.98. The predicted octanol–water partition coefficient (Wildman–Crippen LogP) is 4.85. The SMILES string of the molecule is COCCC(=O)N/N=C(/C)c1c(O)n(-c2cc(C)cc(C)c2)c2cc(C(F)(F)F)ccc12. The highest BCUT2D eigenvalue weighted by Gasteiger charge is 2.32. The topological polar surface area (TPSA) is 75.8 Å². The molecule has 0 saturated carbocycles. The lowest BCUT2D eigenvalue weighted by Crippen LogP contribution is -2.20. The molecule has 0 aliphatic rings. The minimum atomic E-state index is -4.54. The Hall–Kier alpha value is -3.33. The van der Waals surface area contributed by atoms with Crippen molar-refractivity contribution in [2.24, 2.45) is 5.10 Å². The van der Waals surface area contributed by atoms with E-state index in [-0.39, 0.29) is 41.6 Å². The first-order valence-corrected chi connectivity index (χ1v) is 9.88. The summed E-state index contributed by atoms with van der Waals surface area (Å²) in [5.74, 6) is -0.653. The highest BCUT2D eigenvalue weighted by atomic mass is 19.4. The van der Waals surface area contributed by atoms with Crippen LogP contribution < -0.4 is 5.43 Å². The summed E-state index contributed by atoms with van der Waals surface area (Å²) in [6.07, 6.45) is -4.45. The molecule has 0 spiro atoms. The number of carbonyl (C=O) groups excluding carboxylic acids is 1. The van der Waals surface area contributed by atoms with Crippen molar-refractivity contribution in [3.8, 4) is 11.6 Å². The van der Waals surface area contributed by atoms with Gasteiger partial charge in [0, 0.05) is 18.2 Å². The molecule has 0 bridgehead atoms. The number of aromatic hydroxyl groups is 1. The second-order valence-corrected chi connectivity index (χ2v) is 7.58. The summed E-state index contributed by atoms with van der Waals surface area (Å²) < 4.78 is 46.4. The predicted molar refractivity (Wildman–Crippen MR) is 116 cm³/mol. The molecule has 0 aliphatic carbocycles. The molecule has 2 aromatic carbocycles. The first-order chi connectivity index (χ1) is 15.0. The number of alkyl halides is 3. The number of nitrogens with one attached hydrogen (secondary N) is 1. The quantitative estimate of drug-likeness (QED) is 0.419. The standard InChI is InChI=1S/C23H24F3N3O3/c1-13-9-14(2)11-17(10-13)29-19-12-16(23(24,25)26)5-6-18(19)21(22(29)31)15(3)27-28-20(30)7-8-32-4/h5-6,9-12,31H,7-8H2,1-4H3,(H,28,30)/b27-15-. The van der Waals surface area contributed by atoms with E-state index >= 15 is 0 Å². The molecule has 170 valence electrons. The average molecular weight is 447 g/mol. The first kappa shape index (κ1) is 23.3. The number of rotatable bonds is 6. The van der Waals surface area contributed by atoms with Crippen molar-refractivity contribution in [2.45, 2.75) is 33.4 Å². The van der Waals surface area contributed by atoms with Gasteiger partial charge in [-0.2, -0.15) is 18.3 Å². The van der Waals surface area contributed by atoms with Crippen LogP contribution in [-0.4, -0.2) is 35.0 Å². The third kappa shape index (κ3) is 4.77. The van der Waals surface area contributed by atoms with E-state index in [4.69, 9.17) is 4.74 Å². The summed E-state index contributed by atoms with van der Waals surface area (Å²) in [4.78, 5) is 11.9. The number of ether oxygens (including phenoxy) is 1. The molecule has 0 saturated heterocycles. The number of hydrogen-bond acceptors (Lipinski definition) is 4. The van der Waals surface area contributed by atoms with Gasteiger partial charge >= 0.3 is 6.18 Å². The highest BCUT2D eigenvalue weighted by Crippen LogP contribution is 2.39. The van der Waals surface area contributed by atoms with Crippen molar-refractivity contribution < 1.29 is 27.8 Å². The molecule has 0 fully saturated rings. The fourth-order valence-corrected chi connectivity index (χ4v) is 3.60. The molecule has 0 atom stereocenters. The minimum Gasteiger partial charge on any atom is -0.494 e. The fourth-order valence-electron chi connectivity index (χ4n) is 3.60. The van der Waals surface area contributed by atoms with E-state index in [1.807, 2.05) is 19.9 Å². The fraction of sp³-hybridized carbons (Fsp3) is 0.304. The van der Waals surface area contributed by atoms with E-state index in [9.17, 15) is 23.1 Å². The Bertz CT molecular complexity index is 1180. The second kappa shape index (κ2) is 9.04. The summed E-state index contributed by atoms with van der Waals surface area (Å²) in [6.45, 7) is 5.51. The number of amides is 1. The van der Waals surface area contributed by atoms with Crippen molar-refractivity contribution >= 4 is 22.5 Å². The molecular weight excluding hydrogens is 423 g/mol. The zero-order valence-corrected chi connectivity index (χ0v) is 18.2. The lowest BCUT2D eigenvalue weighted by Gasteiger charge is -2.11. The molecule has 1 aromatic heterocycles. The van der Waals surface area contributed by atoms with Crippen LogP contribution in [0, 0.1) is 13.8 Å². The number of aromatic nitrogens is 1. The van der Waals surface area contributed by atoms with Crippen molar-refractivity contribution in [1.82, 2.24) is 9.99 Å². The van der Waals surface area contributed by atoms with Gasteiger partial charge < -0.3 is 9.84 Å².